The highest BCUT2D eigenvalue weighted by atomic mass is 16.3. The Kier molecular flexibility index (Phi) is 5.07. The van der Waals surface area contributed by atoms with Gasteiger partial charge in [-0.2, -0.15) is 0 Å². The molecule has 21 heavy (non-hydrogen) atoms. The van der Waals surface area contributed by atoms with Gasteiger partial charge in [-0.1, -0.05) is 44.2 Å². The van der Waals surface area contributed by atoms with Crippen molar-refractivity contribution in [2.75, 3.05) is 19.6 Å². The van der Waals surface area contributed by atoms with Crippen molar-refractivity contribution in [3.8, 4) is 0 Å². The first kappa shape index (κ1) is 16.5. The molecule has 0 aliphatic carbocycles. The lowest BCUT2D eigenvalue weighted by atomic mass is 9.82. The summed E-state index contributed by atoms with van der Waals surface area (Å²) in [7, 11) is 0. The number of nitrogens with zero attached hydrogens (tertiary/aromatic N) is 1. The van der Waals surface area contributed by atoms with Gasteiger partial charge in [-0.15, -0.1) is 0 Å². The minimum absolute atomic E-state index is 0.211. The first-order valence-electron chi connectivity index (χ1n) is 7.98. The van der Waals surface area contributed by atoms with Crippen LogP contribution in [0.15, 0.2) is 30.3 Å². The van der Waals surface area contributed by atoms with Crippen molar-refractivity contribution in [3.05, 3.63) is 35.9 Å². The second kappa shape index (κ2) is 6.47. The maximum atomic E-state index is 10.7. The maximum Gasteiger partial charge on any atom is 0.0853 e. The van der Waals surface area contributed by atoms with Gasteiger partial charge in [-0.25, -0.2) is 0 Å². The molecule has 3 nitrogen and oxygen atoms in total. The van der Waals surface area contributed by atoms with Gasteiger partial charge in [0.2, 0.25) is 0 Å². The molecule has 3 heteroatoms. The van der Waals surface area contributed by atoms with E-state index in [1.54, 1.807) is 0 Å². The van der Waals surface area contributed by atoms with Crippen LogP contribution in [0.1, 0.15) is 51.7 Å². The first-order valence-corrected chi connectivity index (χ1v) is 7.98. The van der Waals surface area contributed by atoms with Gasteiger partial charge in [0.1, 0.15) is 0 Å². The summed E-state index contributed by atoms with van der Waals surface area (Å²) in [6.07, 6.45) is 2.22. The topological polar surface area (TPSA) is 43.7 Å². The first-order chi connectivity index (χ1) is 9.80. The van der Waals surface area contributed by atoms with Gasteiger partial charge < -0.3 is 15.1 Å². The van der Waals surface area contributed by atoms with Gasteiger partial charge >= 0.3 is 0 Å². The number of likely N-dealkylation sites (tertiary alicyclic amines) is 1. The standard InChI is InChI=1S/C18H29NO2/c1-17(2,16(20)15-8-5-4-6-9-15)14-19-12-7-10-18(3,21)11-13-19/h4-6,8-9,16,20-21H,7,10-14H2,1-3H3. The Morgan fingerprint density at radius 2 is 1.86 bits per heavy atom. The fourth-order valence-corrected chi connectivity index (χ4v) is 3.23. The Labute approximate surface area is 128 Å². The molecule has 2 N–H and O–H groups in total. The zero-order chi connectivity index (χ0) is 15.5. The third-order valence-corrected chi connectivity index (χ3v) is 4.64. The van der Waals surface area contributed by atoms with E-state index in [1.807, 2.05) is 37.3 Å². The van der Waals surface area contributed by atoms with E-state index in [0.717, 1.165) is 44.5 Å². The van der Waals surface area contributed by atoms with E-state index in [-0.39, 0.29) is 5.41 Å². The van der Waals surface area contributed by atoms with Crippen molar-refractivity contribution in [3.63, 3.8) is 0 Å². The average Bonchev–Trinajstić information content (AvgIpc) is 2.60. The molecule has 2 unspecified atom stereocenters. The predicted molar refractivity (Wildman–Crippen MR) is 86.1 cm³/mol. The highest BCUT2D eigenvalue weighted by Gasteiger charge is 2.33. The number of rotatable bonds is 4. The highest BCUT2D eigenvalue weighted by molar-refractivity contribution is 5.19. The van der Waals surface area contributed by atoms with Crippen molar-refractivity contribution >= 4 is 0 Å². The molecule has 1 fully saturated rings. The summed E-state index contributed by atoms with van der Waals surface area (Å²) in [5.74, 6) is 0. The molecule has 0 bridgehead atoms. The van der Waals surface area contributed by atoms with Gasteiger partial charge in [-0.3, -0.25) is 0 Å². The van der Waals surface area contributed by atoms with Gasteiger partial charge in [0, 0.05) is 18.5 Å². The van der Waals surface area contributed by atoms with Crippen molar-refractivity contribution in [1.82, 2.24) is 4.90 Å². The van der Waals surface area contributed by atoms with Gasteiger partial charge in [0.25, 0.3) is 0 Å². The lowest BCUT2D eigenvalue weighted by molar-refractivity contribution is 0.0156. The van der Waals surface area contributed by atoms with Crippen molar-refractivity contribution < 1.29 is 10.2 Å². The number of aliphatic hydroxyl groups excluding tert-OH is 1. The Morgan fingerprint density at radius 1 is 1.19 bits per heavy atom. The summed E-state index contributed by atoms with van der Waals surface area (Å²) < 4.78 is 0. The predicted octanol–water partition coefficient (Wildman–Crippen LogP) is 2.98. The zero-order valence-corrected chi connectivity index (χ0v) is 13.5. The fraction of sp³-hybridized carbons (Fsp3) is 0.667. The van der Waals surface area contributed by atoms with Crippen LogP contribution in [0, 0.1) is 5.41 Å². The number of hydrogen-bond donors (Lipinski definition) is 2. The summed E-state index contributed by atoms with van der Waals surface area (Å²) in [5, 5.41) is 20.9. The van der Waals surface area contributed by atoms with E-state index >= 15 is 0 Å². The van der Waals surface area contributed by atoms with Crippen LogP contribution < -0.4 is 0 Å². The molecule has 0 aromatic heterocycles. The highest BCUT2D eigenvalue weighted by Crippen LogP contribution is 2.35. The molecular weight excluding hydrogens is 262 g/mol. The molecule has 0 radical (unpaired) electrons. The smallest absolute Gasteiger partial charge is 0.0853 e. The van der Waals surface area contributed by atoms with Gasteiger partial charge in [-0.05, 0) is 38.3 Å². The van der Waals surface area contributed by atoms with Crippen LogP contribution in [0.25, 0.3) is 0 Å². The molecule has 2 atom stereocenters. The molecular formula is C18H29NO2. The summed E-state index contributed by atoms with van der Waals surface area (Å²) >= 11 is 0. The number of benzene rings is 1. The van der Waals surface area contributed by atoms with Gasteiger partial charge in [0.05, 0.1) is 11.7 Å². The molecule has 2 rings (SSSR count). The second-order valence-corrected chi connectivity index (χ2v) is 7.43. The summed E-state index contributed by atoms with van der Waals surface area (Å²) in [5.41, 5.74) is 0.235. The summed E-state index contributed by atoms with van der Waals surface area (Å²) in [4.78, 5) is 2.38. The van der Waals surface area contributed by atoms with Crippen LogP contribution in [-0.4, -0.2) is 40.3 Å². The van der Waals surface area contributed by atoms with Crippen molar-refractivity contribution in [2.24, 2.45) is 5.41 Å². The van der Waals surface area contributed by atoms with Crippen LogP contribution in [0.2, 0.25) is 0 Å². The van der Waals surface area contributed by atoms with Crippen LogP contribution in [0.4, 0.5) is 0 Å². The van der Waals surface area contributed by atoms with E-state index in [0.29, 0.717) is 0 Å². The minimum atomic E-state index is -0.531. The Balaban J connectivity index is 2.00. The number of hydrogen-bond acceptors (Lipinski definition) is 3. The lowest BCUT2D eigenvalue weighted by Crippen LogP contribution is -2.39. The molecule has 1 aliphatic rings. The molecule has 1 saturated heterocycles. The fourth-order valence-electron chi connectivity index (χ4n) is 3.23. The lowest BCUT2D eigenvalue weighted by Gasteiger charge is -2.36. The Hall–Kier alpha value is -0.900. The summed E-state index contributed by atoms with van der Waals surface area (Å²) in [6.45, 7) is 8.92. The quantitative estimate of drug-likeness (QED) is 0.896. The second-order valence-electron chi connectivity index (χ2n) is 7.43. The van der Waals surface area contributed by atoms with Crippen LogP contribution in [0.3, 0.4) is 0 Å². The Morgan fingerprint density at radius 3 is 2.52 bits per heavy atom. The molecule has 0 spiro atoms. The van der Waals surface area contributed by atoms with Crippen molar-refractivity contribution in [1.29, 1.82) is 0 Å². The zero-order valence-electron chi connectivity index (χ0n) is 13.5. The normalized spacial score (nSPS) is 26.3. The molecule has 1 aromatic rings. The minimum Gasteiger partial charge on any atom is -0.390 e. The third kappa shape index (κ3) is 4.53. The van der Waals surface area contributed by atoms with E-state index < -0.39 is 11.7 Å². The van der Waals surface area contributed by atoms with Crippen molar-refractivity contribution in [2.45, 2.75) is 51.7 Å². The maximum absolute atomic E-state index is 10.7. The Bertz CT molecular complexity index is 442. The molecule has 1 aliphatic heterocycles. The van der Waals surface area contributed by atoms with E-state index in [1.165, 1.54) is 0 Å². The summed E-state index contributed by atoms with van der Waals surface area (Å²) in [6, 6.07) is 9.88. The van der Waals surface area contributed by atoms with E-state index in [9.17, 15) is 10.2 Å². The molecule has 1 aromatic carbocycles. The van der Waals surface area contributed by atoms with Crippen LogP contribution >= 0.6 is 0 Å². The molecule has 118 valence electrons. The SMILES string of the molecule is CC1(O)CCCN(CC(C)(C)C(O)c2ccccc2)CC1. The van der Waals surface area contributed by atoms with E-state index in [4.69, 9.17) is 0 Å². The largest absolute Gasteiger partial charge is 0.390 e. The number of aliphatic hydroxyl groups is 2. The van der Waals surface area contributed by atoms with E-state index in [2.05, 4.69) is 18.7 Å². The molecule has 0 saturated carbocycles. The van der Waals surface area contributed by atoms with Gasteiger partial charge in [0.15, 0.2) is 0 Å². The third-order valence-electron chi connectivity index (χ3n) is 4.64. The monoisotopic (exact) mass is 291 g/mol. The molecule has 0 amide bonds. The van der Waals surface area contributed by atoms with Crippen LogP contribution in [-0.2, 0) is 0 Å². The molecule has 1 heterocycles. The average molecular weight is 291 g/mol. The van der Waals surface area contributed by atoms with Crippen LogP contribution in [0.5, 0.6) is 0 Å².